The van der Waals surface area contributed by atoms with Crippen LogP contribution in [0.3, 0.4) is 0 Å². The molecule has 1 heterocycles. The molecule has 1 aromatic heterocycles. The van der Waals surface area contributed by atoms with Crippen LogP contribution < -0.4 is 29.9 Å². The third-order valence-electron chi connectivity index (χ3n) is 11.7. The number of carbonyl (C=O) groups is 4. The number of nitrogens with zero attached hydrogens (tertiary/aromatic N) is 3. The van der Waals surface area contributed by atoms with E-state index >= 15 is 0 Å². The highest BCUT2D eigenvalue weighted by Gasteiger charge is 2.24. The summed E-state index contributed by atoms with van der Waals surface area (Å²) in [6.45, 7) is 1.97. The zero-order valence-electron chi connectivity index (χ0n) is 39.7. The van der Waals surface area contributed by atoms with Gasteiger partial charge >= 0.3 is 11.9 Å². The number of rotatable bonds is 24. The van der Waals surface area contributed by atoms with Gasteiger partial charge in [-0.25, -0.2) is 14.6 Å². The average Bonchev–Trinajstić information content (AvgIpc) is 3.41. The number of para-hydroxylation sites is 2. The number of aromatic nitrogens is 1. The number of methoxy groups -OCH3 is 2. The third-order valence-corrected chi connectivity index (χ3v) is 11.7. The topological polar surface area (TPSA) is 149 Å². The van der Waals surface area contributed by atoms with Crippen molar-refractivity contribution in [3.63, 3.8) is 0 Å². The number of anilines is 4. The minimum absolute atomic E-state index is 0.142. The largest absolute Gasteiger partial charge is 0.492 e. The lowest BCUT2D eigenvalue weighted by molar-refractivity contribution is -0.142. The molecule has 13 heteroatoms. The highest BCUT2D eigenvalue weighted by Crippen LogP contribution is 2.25. The number of benzene rings is 6. The average molecular weight is 940 g/mol. The van der Waals surface area contributed by atoms with Crippen LogP contribution in [0.5, 0.6) is 11.5 Å². The van der Waals surface area contributed by atoms with Crippen molar-refractivity contribution in [1.82, 2.24) is 4.98 Å². The molecule has 0 aliphatic rings. The molecule has 0 spiro atoms. The molecule has 70 heavy (non-hydrogen) atoms. The van der Waals surface area contributed by atoms with Crippen molar-refractivity contribution >= 4 is 46.5 Å². The monoisotopic (exact) mass is 939 g/mol. The summed E-state index contributed by atoms with van der Waals surface area (Å²) in [5.41, 5.74) is 4.93. The van der Waals surface area contributed by atoms with E-state index < -0.39 is 24.0 Å². The Morgan fingerprint density at radius 3 is 1.23 bits per heavy atom. The molecule has 0 fully saturated rings. The normalized spacial score (nSPS) is 11.6. The molecular weight excluding hydrogens is 883 g/mol. The van der Waals surface area contributed by atoms with E-state index in [1.54, 1.807) is 60.7 Å². The number of ketones is 2. The molecule has 0 aliphatic carbocycles. The van der Waals surface area contributed by atoms with Crippen LogP contribution in [0.2, 0.25) is 0 Å². The Labute approximate surface area is 409 Å². The molecule has 0 aliphatic heterocycles. The number of ether oxygens (including phenoxy) is 4. The van der Waals surface area contributed by atoms with E-state index in [-0.39, 0.29) is 11.6 Å². The second kappa shape index (κ2) is 24.5. The number of pyridine rings is 1. The molecule has 0 bridgehead atoms. The van der Waals surface area contributed by atoms with Crippen LogP contribution in [0.15, 0.2) is 176 Å². The maximum atomic E-state index is 13.3. The molecule has 6 aromatic carbocycles. The molecular formula is C57H57N5O8. The number of esters is 2. The van der Waals surface area contributed by atoms with Crippen LogP contribution in [-0.4, -0.2) is 95.2 Å². The van der Waals surface area contributed by atoms with Gasteiger partial charge in [0.1, 0.15) is 48.4 Å². The summed E-state index contributed by atoms with van der Waals surface area (Å²) in [4.78, 5) is 61.4. The number of nitrogens with one attached hydrogen (secondary N) is 2. The Bertz CT molecular complexity index is 2640. The Kier molecular flexibility index (Phi) is 17.3. The van der Waals surface area contributed by atoms with Gasteiger partial charge in [0.15, 0.2) is 11.6 Å². The maximum Gasteiger partial charge on any atom is 0.328 e. The summed E-state index contributed by atoms with van der Waals surface area (Å²) in [6, 6.07) is 51.9. The van der Waals surface area contributed by atoms with Crippen LogP contribution in [0.4, 0.5) is 23.0 Å². The molecule has 7 rings (SSSR count). The van der Waals surface area contributed by atoms with Crippen molar-refractivity contribution in [3.05, 3.63) is 209 Å². The second-order valence-electron chi connectivity index (χ2n) is 16.5. The first-order chi connectivity index (χ1) is 34.1. The quantitative estimate of drug-likeness (QED) is 0.0439. The Balaban J connectivity index is 0.862. The van der Waals surface area contributed by atoms with Crippen molar-refractivity contribution < 1.29 is 38.1 Å². The minimum Gasteiger partial charge on any atom is -0.492 e. The fourth-order valence-corrected chi connectivity index (χ4v) is 7.73. The fraction of sp³-hybridized carbons (Fsp3) is 0.211. The van der Waals surface area contributed by atoms with E-state index in [1.807, 2.05) is 139 Å². The first-order valence-electron chi connectivity index (χ1n) is 23.0. The van der Waals surface area contributed by atoms with Gasteiger partial charge < -0.3 is 39.4 Å². The summed E-state index contributed by atoms with van der Waals surface area (Å²) in [6.07, 6.45) is 0.660. The zero-order chi connectivity index (χ0) is 49.2. The Morgan fingerprint density at radius 2 is 0.843 bits per heavy atom. The van der Waals surface area contributed by atoms with Crippen LogP contribution >= 0.6 is 0 Å². The molecule has 0 unspecified atom stereocenters. The highest BCUT2D eigenvalue weighted by molar-refractivity contribution is 6.13. The molecule has 0 saturated carbocycles. The number of hydrogen-bond acceptors (Lipinski definition) is 13. The Morgan fingerprint density at radius 1 is 0.471 bits per heavy atom. The predicted octanol–water partition coefficient (Wildman–Crippen LogP) is 8.97. The summed E-state index contributed by atoms with van der Waals surface area (Å²) >= 11 is 0. The van der Waals surface area contributed by atoms with Crippen molar-refractivity contribution in [2.75, 3.05) is 75.1 Å². The van der Waals surface area contributed by atoms with Crippen LogP contribution in [0, 0.1) is 0 Å². The van der Waals surface area contributed by atoms with Crippen LogP contribution in [0.1, 0.15) is 43.0 Å². The summed E-state index contributed by atoms with van der Waals surface area (Å²) in [7, 11) is 6.63. The van der Waals surface area contributed by atoms with Crippen LogP contribution in [-0.2, 0) is 31.9 Å². The van der Waals surface area contributed by atoms with E-state index in [0.717, 1.165) is 22.8 Å². The first kappa shape index (κ1) is 49.5. The molecule has 358 valence electrons. The Hall–Kier alpha value is -8.45. The molecule has 0 saturated heterocycles. The van der Waals surface area contributed by atoms with E-state index in [0.29, 0.717) is 84.3 Å². The predicted molar refractivity (Wildman–Crippen MR) is 274 cm³/mol. The van der Waals surface area contributed by atoms with E-state index in [2.05, 4.69) is 10.6 Å². The van der Waals surface area contributed by atoms with Gasteiger partial charge in [0.05, 0.1) is 27.3 Å². The molecule has 0 amide bonds. The van der Waals surface area contributed by atoms with E-state index in [4.69, 9.17) is 23.9 Å². The van der Waals surface area contributed by atoms with Gasteiger partial charge in [-0.05, 0) is 71.8 Å². The molecule has 0 radical (unpaired) electrons. The standard InChI is InChI=1S/C57H57N5O8/c1-61(34-36-69-44-30-26-40(27-31-44)38-50(56(65)67-3)58-48-22-13-11-20-46(48)54(63)42-16-7-5-8-17-42)52-24-15-25-53(60-52)62(2)35-37-70-45-32-28-41(29-33-45)39-51(57(66)68-4)59-49-23-14-12-21-47(49)55(64)43-18-9-6-10-19-43/h5-33,50-51,58-59H,34-39H2,1-4H3/t50-,51-/m0/s1. The maximum absolute atomic E-state index is 13.3. The van der Waals surface area contributed by atoms with Gasteiger partial charge in [-0.3, -0.25) is 9.59 Å². The van der Waals surface area contributed by atoms with Crippen molar-refractivity contribution in [1.29, 1.82) is 0 Å². The van der Waals surface area contributed by atoms with Gasteiger partial charge in [0.25, 0.3) is 0 Å². The van der Waals surface area contributed by atoms with Gasteiger partial charge in [0, 0.05) is 60.6 Å². The van der Waals surface area contributed by atoms with Gasteiger partial charge in [-0.15, -0.1) is 0 Å². The minimum atomic E-state index is -0.732. The lowest BCUT2D eigenvalue weighted by atomic mass is 10.00. The van der Waals surface area contributed by atoms with E-state index in [9.17, 15) is 19.2 Å². The summed E-state index contributed by atoms with van der Waals surface area (Å²) in [5.74, 6) is 1.79. The molecule has 7 aromatic rings. The summed E-state index contributed by atoms with van der Waals surface area (Å²) in [5, 5.41) is 6.51. The number of likely N-dealkylation sites (N-methyl/N-ethyl adjacent to an activating group) is 2. The molecule has 2 atom stereocenters. The van der Waals surface area contributed by atoms with Crippen molar-refractivity contribution in [2.24, 2.45) is 0 Å². The number of hydrogen-bond donors (Lipinski definition) is 2. The fourth-order valence-electron chi connectivity index (χ4n) is 7.73. The third kappa shape index (κ3) is 13.4. The molecule has 2 N–H and O–H groups in total. The van der Waals surface area contributed by atoms with Crippen LogP contribution in [0.25, 0.3) is 0 Å². The van der Waals surface area contributed by atoms with Gasteiger partial charge in [-0.1, -0.05) is 115 Å². The lowest BCUT2D eigenvalue weighted by Crippen LogP contribution is -2.33. The first-order valence-corrected chi connectivity index (χ1v) is 23.0. The highest BCUT2D eigenvalue weighted by atomic mass is 16.5. The van der Waals surface area contributed by atoms with E-state index in [1.165, 1.54) is 14.2 Å². The van der Waals surface area contributed by atoms with Gasteiger partial charge in [0.2, 0.25) is 0 Å². The van der Waals surface area contributed by atoms with Crippen molar-refractivity contribution in [2.45, 2.75) is 24.9 Å². The second-order valence-corrected chi connectivity index (χ2v) is 16.5. The zero-order valence-corrected chi connectivity index (χ0v) is 39.7. The summed E-state index contributed by atoms with van der Waals surface area (Å²) < 4.78 is 22.5. The number of carbonyl (C=O) groups excluding carboxylic acids is 4. The van der Waals surface area contributed by atoms with Crippen molar-refractivity contribution in [3.8, 4) is 11.5 Å². The SMILES string of the molecule is COC(=O)[C@H](Cc1ccc(OCCN(C)c2cccc(N(C)CCOc3ccc(C[C@H](Nc4ccccc4C(=O)c4ccccc4)C(=O)OC)cc3)n2)cc1)Nc1ccccc1C(=O)c1ccccc1. The smallest absolute Gasteiger partial charge is 0.328 e. The van der Waals surface area contributed by atoms with Gasteiger partial charge in [-0.2, -0.15) is 0 Å². The molecule has 13 nitrogen and oxygen atoms in total. The lowest BCUT2D eigenvalue weighted by Gasteiger charge is -2.23.